The second-order valence-corrected chi connectivity index (χ2v) is 7.97. The molecule has 29 heavy (non-hydrogen) atoms. The van der Waals surface area contributed by atoms with Gasteiger partial charge in [0, 0.05) is 0 Å². The number of rotatable bonds is 5. The Morgan fingerprint density at radius 2 is 1.62 bits per heavy atom. The second-order valence-electron chi connectivity index (χ2n) is 7.97. The van der Waals surface area contributed by atoms with Crippen molar-refractivity contribution in [3.63, 3.8) is 0 Å². The molecule has 152 valence electrons. The lowest BCUT2D eigenvalue weighted by Crippen LogP contribution is -2.55. The van der Waals surface area contributed by atoms with Crippen molar-refractivity contribution in [1.29, 1.82) is 5.26 Å². The lowest BCUT2D eigenvalue weighted by atomic mass is 9.89. The number of benzene rings is 2. The van der Waals surface area contributed by atoms with E-state index in [2.05, 4.69) is 30.3 Å². The average Bonchev–Trinajstić information content (AvgIpc) is 3.58. The van der Waals surface area contributed by atoms with E-state index in [-0.39, 0.29) is 0 Å². The average molecular weight is 395 g/mol. The van der Waals surface area contributed by atoms with Crippen molar-refractivity contribution in [1.82, 2.24) is 0 Å². The molecule has 4 N–H and O–H groups in total. The second kappa shape index (κ2) is 8.23. The molecular weight excluding hydrogens is 370 g/mol. The number of hydrogen-bond donors (Lipinski definition) is 4. The summed E-state index contributed by atoms with van der Waals surface area (Å²) in [5.41, 5.74) is 4.34. The summed E-state index contributed by atoms with van der Waals surface area (Å²) in [6.07, 6.45) is -2.99. The van der Waals surface area contributed by atoms with Crippen LogP contribution in [0, 0.1) is 11.3 Å². The van der Waals surface area contributed by atoms with Crippen LogP contribution in [-0.4, -0.2) is 51.4 Å². The first-order valence-corrected chi connectivity index (χ1v) is 9.94. The third kappa shape index (κ3) is 4.06. The van der Waals surface area contributed by atoms with Crippen LogP contribution in [0.5, 0.6) is 0 Å². The number of nitrogens with zero attached hydrogens (tertiary/aromatic N) is 1. The lowest BCUT2D eigenvalue weighted by Gasteiger charge is -2.40. The smallest absolute Gasteiger partial charge is 0.113 e. The van der Waals surface area contributed by atoms with E-state index in [0.29, 0.717) is 23.5 Å². The van der Waals surface area contributed by atoms with Gasteiger partial charge in [0.25, 0.3) is 0 Å². The molecule has 0 aromatic heterocycles. The summed E-state index contributed by atoms with van der Waals surface area (Å²) in [5.74, 6) is 0.688. The van der Waals surface area contributed by atoms with Crippen LogP contribution in [0.25, 0.3) is 0 Å². The van der Waals surface area contributed by atoms with E-state index in [1.54, 1.807) is 18.2 Å². The van der Waals surface area contributed by atoms with Gasteiger partial charge in [0.05, 0.1) is 18.2 Å². The molecule has 5 atom stereocenters. The van der Waals surface area contributed by atoms with Gasteiger partial charge >= 0.3 is 0 Å². The van der Waals surface area contributed by atoms with Gasteiger partial charge in [-0.05, 0) is 53.5 Å². The molecule has 1 heterocycles. The number of nitriles is 1. The summed E-state index contributed by atoms with van der Waals surface area (Å²) in [7, 11) is 0. The minimum atomic E-state index is -1.43. The zero-order valence-electron chi connectivity index (χ0n) is 16.0. The maximum Gasteiger partial charge on any atom is 0.113 e. The SMILES string of the molecule is N#Cc1ccc([C@@H]2OC(CO)[C@@H](O)[C@H](O)[C@H]2O)cc1Cc1ccc(C2CC2)cc1. The first kappa shape index (κ1) is 20.0. The van der Waals surface area contributed by atoms with Crippen molar-refractivity contribution in [3.05, 3.63) is 70.3 Å². The van der Waals surface area contributed by atoms with E-state index in [1.165, 1.54) is 18.4 Å². The van der Waals surface area contributed by atoms with E-state index >= 15 is 0 Å². The summed E-state index contributed by atoms with van der Waals surface area (Å²) in [5, 5.41) is 49.3. The highest BCUT2D eigenvalue weighted by atomic mass is 16.5. The minimum Gasteiger partial charge on any atom is -0.394 e. The number of ether oxygens (including phenoxy) is 1. The van der Waals surface area contributed by atoms with Crippen LogP contribution in [0.4, 0.5) is 0 Å². The Morgan fingerprint density at radius 3 is 2.24 bits per heavy atom. The van der Waals surface area contributed by atoms with E-state index in [0.717, 1.165) is 11.1 Å². The van der Waals surface area contributed by atoms with Crippen molar-refractivity contribution in [3.8, 4) is 6.07 Å². The molecule has 1 unspecified atom stereocenters. The van der Waals surface area contributed by atoms with Gasteiger partial charge in [0.15, 0.2) is 0 Å². The summed E-state index contributed by atoms with van der Waals surface area (Å²) in [6, 6.07) is 15.8. The molecule has 6 nitrogen and oxygen atoms in total. The summed E-state index contributed by atoms with van der Waals surface area (Å²) in [6.45, 7) is -0.474. The fourth-order valence-electron chi connectivity index (χ4n) is 3.97. The van der Waals surface area contributed by atoms with Gasteiger partial charge in [-0.15, -0.1) is 0 Å². The van der Waals surface area contributed by atoms with Crippen molar-refractivity contribution < 1.29 is 25.2 Å². The molecule has 0 bridgehead atoms. The third-order valence-corrected chi connectivity index (χ3v) is 5.89. The first-order valence-electron chi connectivity index (χ1n) is 9.94. The van der Waals surface area contributed by atoms with Gasteiger partial charge in [0.1, 0.15) is 30.5 Å². The Morgan fingerprint density at radius 1 is 0.931 bits per heavy atom. The molecule has 2 aliphatic rings. The largest absolute Gasteiger partial charge is 0.394 e. The van der Waals surface area contributed by atoms with Gasteiger partial charge in [-0.2, -0.15) is 5.26 Å². The highest BCUT2D eigenvalue weighted by Gasteiger charge is 2.44. The Kier molecular flexibility index (Phi) is 5.68. The van der Waals surface area contributed by atoms with Crippen molar-refractivity contribution in [2.24, 2.45) is 0 Å². The minimum absolute atomic E-state index is 0.474. The highest BCUT2D eigenvalue weighted by molar-refractivity contribution is 5.44. The first-order chi connectivity index (χ1) is 14.0. The van der Waals surface area contributed by atoms with E-state index in [9.17, 15) is 25.7 Å². The Balaban J connectivity index is 1.60. The predicted octanol–water partition coefficient (Wildman–Crippen LogP) is 1.54. The van der Waals surface area contributed by atoms with Crippen LogP contribution in [-0.2, 0) is 11.2 Å². The molecule has 4 rings (SSSR count). The van der Waals surface area contributed by atoms with Gasteiger partial charge in [-0.1, -0.05) is 36.4 Å². The Labute approximate surface area is 169 Å². The molecule has 1 aliphatic heterocycles. The van der Waals surface area contributed by atoms with Crippen LogP contribution in [0.1, 0.15) is 52.7 Å². The molecule has 1 saturated heterocycles. The summed E-state index contributed by atoms with van der Waals surface area (Å²) < 4.78 is 5.65. The normalized spacial score (nSPS) is 29.4. The fraction of sp³-hybridized carbons (Fsp3) is 0.435. The molecule has 2 aromatic carbocycles. The summed E-state index contributed by atoms with van der Waals surface area (Å²) in [4.78, 5) is 0. The lowest BCUT2D eigenvalue weighted by molar-refractivity contribution is -0.231. The van der Waals surface area contributed by atoms with Crippen LogP contribution >= 0.6 is 0 Å². The monoisotopic (exact) mass is 395 g/mol. The van der Waals surface area contributed by atoms with Crippen molar-refractivity contribution in [2.45, 2.75) is 55.7 Å². The number of aliphatic hydroxyl groups excluding tert-OH is 4. The van der Waals surface area contributed by atoms with Crippen LogP contribution < -0.4 is 0 Å². The molecule has 2 fully saturated rings. The fourth-order valence-corrected chi connectivity index (χ4v) is 3.97. The number of aliphatic hydroxyl groups is 4. The zero-order chi connectivity index (χ0) is 20.5. The van der Waals surface area contributed by atoms with Gasteiger partial charge in [-0.25, -0.2) is 0 Å². The molecule has 0 amide bonds. The molecule has 6 heteroatoms. The van der Waals surface area contributed by atoms with Crippen molar-refractivity contribution in [2.75, 3.05) is 6.61 Å². The topological polar surface area (TPSA) is 114 Å². The quantitative estimate of drug-likeness (QED) is 0.611. The van der Waals surface area contributed by atoms with E-state index < -0.39 is 37.1 Å². The van der Waals surface area contributed by atoms with Crippen LogP contribution in [0.3, 0.4) is 0 Å². The van der Waals surface area contributed by atoms with Crippen molar-refractivity contribution >= 4 is 0 Å². The molecule has 1 aliphatic carbocycles. The zero-order valence-corrected chi connectivity index (χ0v) is 16.0. The molecular formula is C23H25NO5. The summed E-state index contributed by atoms with van der Waals surface area (Å²) >= 11 is 0. The highest BCUT2D eigenvalue weighted by Crippen LogP contribution is 2.40. The van der Waals surface area contributed by atoms with E-state index in [4.69, 9.17) is 4.74 Å². The number of hydrogen-bond acceptors (Lipinski definition) is 6. The van der Waals surface area contributed by atoms with Gasteiger partial charge in [0.2, 0.25) is 0 Å². The van der Waals surface area contributed by atoms with E-state index in [1.807, 2.05) is 0 Å². The molecule has 2 aromatic rings. The molecule has 0 spiro atoms. The standard InChI is InChI=1S/C23H25NO5/c24-11-17-8-7-16(23-22(28)21(27)20(26)19(12-25)29-23)10-18(17)9-13-1-3-14(4-2-13)15-5-6-15/h1-4,7-8,10,15,19-23,25-28H,5-6,9,12H2/t19?,20-,21+,22-,23+/m1/s1. The van der Waals surface area contributed by atoms with Gasteiger partial charge < -0.3 is 25.2 Å². The van der Waals surface area contributed by atoms with Crippen LogP contribution in [0.15, 0.2) is 42.5 Å². The van der Waals surface area contributed by atoms with Gasteiger partial charge in [-0.3, -0.25) is 0 Å². The molecule has 0 radical (unpaired) electrons. The maximum atomic E-state index is 10.4. The van der Waals surface area contributed by atoms with Crippen LogP contribution in [0.2, 0.25) is 0 Å². The Hall–Kier alpha value is -2.27. The maximum absolute atomic E-state index is 10.4. The predicted molar refractivity (Wildman–Crippen MR) is 105 cm³/mol. The Bertz CT molecular complexity index is 900. The third-order valence-electron chi connectivity index (χ3n) is 5.89. The molecule has 1 saturated carbocycles.